The molecule has 0 spiro atoms. The first-order chi connectivity index (χ1) is 8.97. The number of rotatable bonds is 4. The van der Waals surface area contributed by atoms with Gasteiger partial charge in [-0.1, -0.05) is 11.3 Å². The molecule has 0 bridgehead atoms. The molecule has 2 rings (SSSR count). The molecule has 0 radical (unpaired) electrons. The fourth-order valence-corrected chi connectivity index (χ4v) is 2.58. The van der Waals surface area contributed by atoms with Crippen molar-refractivity contribution in [3.8, 4) is 0 Å². The van der Waals surface area contributed by atoms with Crippen molar-refractivity contribution in [2.24, 2.45) is 7.05 Å². The van der Waals surface area contributed by atoms with Gasteiger partial charge in [-0.05, 0) is 13.8 Å². The minimum absolute atomic E-state index is 0.0262. The summed E-state index contributed by atoms with van der Waals surface area (Å²) < 4.78 is 3.23. The molecule has 0 aliphatic heterocycles. The zero-order valence-electron chi connectivity index (χ0n) is 11.1. The molecule has 2 heterocycles. The average molecular weight is 280 g/mol. The number of carbonyl (C=O) groups is 1. The Balaban J connectivity index is 1.96. The first-order valence-electron chi connectivity index (χ1n) is 5.93. The van der Waals surface area contributed by atoms with Gasteiger partial charge in [0.25, 0.3) is 0 Å². The summed E-state index contributed by atoms with van der Waals surface area (Å²) in [5.41, 5.74) is 1.74. The molecule has 6 nitrogen and oxygen atoms in total. The van der Waals surface area contributed by atoms with Gasteiger partial charge in [-0.3, -0.25) is 14.3 Å². The van der Waals surface area contributed by atoms with Crippen LogP contribution in [0.3, 0.4) is 0 Å². The number of anilines is 1. The van der Waals surface area contributed by atoms with Gasteiger partial charge in [-0.15, -0.1) is 0 Å². The SMILES string of the molecule is Cc1cc(NC(=O)CCn2c(C)csc2=O)n(C)n1. The summed E-state index contributed by atoms with van der Waals surface area (Å²) in [6, 6.07) is 1.81. The van der Waals surface area contributed by atoms with E-state index in [1.54, 1.807) is 27.7 Å². The average Bonchev–Trinajstić information content (AvgIpc) is 2.81. The van der Waals surface area contributed by atoms with Crippen molar-refractivity contribution in [3.63, 3.8) is 0 Å². The molecule has 7 heteroatoms. The molecule has 1 amide bonds. The van der Waals surface area contributed by atoms with Gasteiger partial charge in [0.1, 0.15) is 5.82 Å². The number of nitrogens with zero attached hydrogens (tertiary/aromatic N) is 3. The predicted octanol–water partition coefficient (Wildman–Crippen LogP) is 1.29. The molecule has 1 N–H and O–H groups in total. The Labute approximate surface area is 114 Å². The quantitative estimate of drug-likeness (QED) is 0.917. The van der Waals surface area contributed by atoms with Crippen LogP contribution in [-0.4, -0.2) is 20.3 Å². The molecule has 0 saturated heterocycles. The fraction of sp³-hybridized carbons (Fsp3) is 0.417. The largest absolute Gasteiger partial charge is 0.311 e. The highest BCUT2D eigenvalue weighted by Crippen LogP contribution is 2.08. The fourth-order valence-electron chi connectivity index (χ4n) is 1.82. The van der Waals surface area contributed by atoms with Crippen LogP contribution in [0.5, 0.6) is 0 Å². The maximum absolute atomic E-state index is 11.8. The summed E-state index contributed by atoms with van der Waals surface area (Å²) in [5, 5.41) is 8.73. The molecule has 2 aromatic rings. The van der Waals surface area contributed by atoms with E-state index in [4.69, 9.17) is 0 Å². The van der Waals surface area contributed by atoms with Crippen molar-refractivity contribution in [2.75, 3.05) is 5.32 Å². The van der Waals surface area contributed by atoms with Crippen molar-refractivity contribution < 1.29 is 4.79 Å². The highest BCUT2D eigenvalue weighted by Gasteiger charge is 2.09. The molecule has 0 aliphatic carbocycles. The molecular weight excluding hydrogens is 264 g/mol. The minimum atomic E-state index is -0.125. The van der Waals surface area contributed by atoms with Crippen LogP contribution in [0.15, 0.2) is 16.2 Å². The van der Waals surface area contributed by atoms with Gasteiger partial charge in [0.15, 0.2) is 0 Å². The molecule has 19 heavy (non-hydrogen) atoms. The third kappa shape index (κ3) is 3.11. The Morgan fingerprint density at radius 2 is 2.21 bits per heavy atom. The summed E-state index contributed by atoms with van der Waals surface area (Å²) in [6.07, 6.45) is 0.266. The monoisotopic (exact) mass is 280 g/mol. The number of nitrogens with one attached hydrogen (secondary N) is 1. The van der Waals surface area contributed by atoms with E-state index < -0.39 is 0 Å². The third-order valence-corrected chi connectivity index (χ3v) is 3.69. The molecule has 0 fully saturated rings. The summed E-state index contributed by atoms with van der Waals surface area (Å²) >= 11 is 1.15. The van der Waals surface area contributed by atoms with Crippen molar-refractivity contribution in [2.45, 2.75) is 26.8 Å². The normalized spacial score (nSPS) is 10.7. The number of aryl methyl sites for hydroxylation is 3. The molecule has 0 aromatic carbocycles. The highest BCUT2D eigenvalue weighted by molar-refractivity contribution is 7.07. The van der Waals surface area contributed by atoms with E-state index >= 15 is 0 Å². The molecular formula is C12H16N4O2S. The summed E-state index contributed by atoms with van der Waals surface area (Å²) in [5.74, 6) is 0.539. The van der Waals surface area contributed by atoms with E-state index in [0.717, 1.165) is 22.7 Å². The Bertz CT molecular complexity index is 653. The second kappa shape index (κ2) is 5.40. The van der Waals surface area contributed by atoms with Gasteiger partial charge in [-0.2, -0.15) is 5.10 Å². The lowest BCUT2D eigenvalue weighted by molar-refractivity contribution is -0.116. The predicted molar refractivity (Wildman–Crippen MR) is 74.5 cm³/mol. The number of hydrogen-bond donors (Lipinski definition) is 1. The van der Waals surface area contributed by atoms with Crippen LogP contribution < -0.4 is 10.2 Å². The number of amides is 1. The van der Waals surface area contributed by atoms with Gasteiger partial charge in [0.05, 0.1) is 5.69 Å². The summed E-state index contributed by atoms with van der Waals surface area (Å²) in [4.78, 5) is 23.3. The van der Waals surface area contributed by atoms with Crippen LogP contribution >= 0.6 is 11.3 Å². The van der Waals surface area contributed by atoms with Gasteiger partial charge >= 0.3 is 4.87 Å². The van der Waals surface area contributed by atoms with Gasteiger partial charge in [0.2, 0.25) is 5.91 Å². The van der Waals surface area contributed by atoms with Gasteiger partial charge in [-0.25, -0.2) is 0 Å². The maximum Gasteiger partial charge on any atom is 0.307 e. The molecule has 0 aliphatic rings. The highest BCUT2D eigenvalue weighted by atomic mass is 32.1. The lowest BCUT2D eigenvalue weighted by Gasteiger charge is -2.06. The molecule has 102 valence electrons. The standard InChI is InChI=1S/C12H16N4O2S/c1-8-6-10(15(3)14-8)13-11(17)4-5-16-9(2)7-19-12(16)18/h6-7H,4-5H2,1-3H3,(H,13,17). The number of aromatic nitrogens is 3. The van der Waals surface area contributed by atoms with Crippen molar-refractivity contribution in [3.05, 3.63) is 32.5 Å². The second-order valence-corrected chi connectivity index (χ2v) is 5.21. The Morgan fingerprint density at radius 1 is 1.47 bits per heavy atom. The lowest BCUT2D eigenvalue weighted by atomic mass is 10.3. The molecule has 2 aromatic heterocycles. The Hall–Kier alpha value is -1.89. The van der Waals surface area contributed by atoms with E-state index in [0.29, 0.717) is 12.4 Å². The Kier molecular flexibility index (Phi) is 3.84. The first-order valence-corrected chi connectivity index (χ1v) is 6.81. The van der Waals surface area contributed by atoms with E-state index in [2.05, 4.69) is 10.4 Å². The van der Waals surface area contributed by atoms with E-state index in [-0.39, 0.29) is 17.2 Å². The molecule has 0 atom stereocenters. The second-order valence-electron chi connectivity index (χ2n) is 4.39. The minimum Gasteiger partial charge on any atom is -0.311 e. The van der Waals surface area contributed by atoms with E-state index in [1.807, 2.05) is 13.8 Å². The van der Waals surface area contributed by atoms with Crippen molar-refractivity contribution in [1.82, 2.24) is 14.3 Å². The van der Waals surface area contributed by atoms with Crippen LogP contribution in [0.4, 0.5) is 5.82 Å². The van der Waals surface area contributed by atoms with Crippen LogP contribution in [0.25, 0.3) is 0 Å². The third-order valence-electron chi connectivity index (χ3n) is 2.81. The van der Waals surface area contributed by atoms with Gasteiger partial charge in [0, 0.05) is 37.2 Å². The lowest BCUT2D eigenvalue weighted by Crippen LogP contribution is -2.21. The zero-order chi connectivity index (χ0) is 14.0. The summed E-state index contributed by atoms with van der Waals surface area (Å²) in [6.45, 7) is 4.13. The first kappa shape index (κ1) is 13.5. The van der Waals surface area contributed by atoms with Crippen molar-refractivity contribution in [1.29, 1.82) is 0 Å². The van der Waals surface area contributed by atoms with Crippen LogP contribution in [0.1, 0.15) is 17.8 Å². The summed E-state index contributed by atoms with van der Waals surface area (Å²) in [7, 11) is 1.77. The van der Waals surface area contributed by atoms with Crippen LogP contribution in [0, 0.1) is 13.8 Å². The van der Waals surface area contributed by atoms with Gasteiger partial charge < -0.3 is 9.88 Å². The molecule has 0 unspecified atom stereocenters. The van der Waals surface area contributed by atoms with Crippen molar-refractivity contribution >= 4 is 23.1 Å². The molecule has 0 saturated carbocycles. The van der Waals surface area contributed by atoms with Crippen LogP contribution in [-0.2, 0) is 18.4 Å². The topological polar surface area (TPSA) is 68.9 Å². The van der Waals surface area contributed by atoms with E-state index in [9.17, 15) is 9.59 Å². The zero-order valence-corrected chi connectivity index (χ0v) is 12.0. The maximum atomic E-state index is 11.8. The Morgan fingerprint density at radius 3 is 2.74 bits per heavy atom. The number of thiazole rings is 1. The smallest absolute Gasteiger partial charge is 0.307 e. The van der Waals surface area contributed by atoms with Crippen LogP contribution in [0.2, 0.25) is 0 Å². The van der Waals surface area contributed by atoms with E-state index in [1.165, 1.54) is 0 Å². The number of hydrogen-bond acceptors (Lipinski definition) is 4. The number of carbonyl (C=O) groups excluding carboxylic acids is 1.